The lowest BCUT2D eigenvalue weighted by molar-refractivity contribution is 0.0303. The predicted octanol–water partition coefficient (Wildman–Crippen LogP) is 2.32. The van der Waals surface area contributed by atoms with Gasteiger partial charge in [0.15, 0.2) is 0 Å². The normalized spacial score (nSPS) is 15.6. The number of amides is 1. The van der Waals surface area contributed by atoms with Crippen molar-refractivity contribution in [3.05, 3.63) is 28.2 Å². The monoisotopic (exact) mass is 313 g/mol. The second-order valence-corrected chi connectivity index (χ2v) is 4.84. The standard InChI is InChI=1S/C13H16BrNO3/c1-2-18-12-4-3-10(9-11(12)14)13(16)15-5-7-17-8-6-15/h3-4,9H,2,5-8H2,1H3. The first-order chi connectivity index (χ1) is 8.72. The van der Waals surface area contributed by atoms with Crippen LogP contribution in [0.4, 0.5) is 0 Å². The van der Waals surface area contributed by atoms with E-state index in [1.807, 2.05) is 24.0 Å². The molecule has 1 saturated heterocycles. The summed E-state index contributed by atoms with van der Waals surface area (Å²) in [6, 6.07) is 5.43. The third-order valence-corrected chi connectivity index (χ3v) is 3.40. The van der Waals surface area contributed by atoms with Gasteiger partial charge in [-0.15, -0.1) is 0 Å². The van der Waals surface area contributed by atoms with E-state index < -0.39 is 0 Å². The first-order valence-corrected chi connectivity index (χ1v) is 6.81. The van der Waals surface area contributed by atoms with Gasteiger partial charge in [-0.3, -0.25) is 4.79 Å². The Hall–Kier alpha value is -1.07. The van der Waals surface area contributed by atoms with Crippen LogP contribution in [0.25, 0.3) is 0 Å². The maximum Gasteiger partial charge on any atom is 0.254 e. The molecule has 5 heteroatoms. The molecule has 0 aliphatic carbocycles. The van der Waals surface area contributed by atoms with Crippen molar-refractivity contribution in [2.75, 3.05) is 32.9 Å². The zero-order valence-corrected chi connectivity index (χ0v) is 11.9. The van der Waals surface area contributed by atoms with Gasteiger partial charge in [0.25, 0.3) is 5.91 Å². The van der Waals surface area contributed by atoms with Crippen LogP contribution >= 0.6 is 15.9 Å². The number of hydrogen-bond donors (Lipinski definition) is 0. The second kappa shape index (κ2) is 6.20. The molecule has 1 fully saturated rings. The van der Waals surface area contributed by atoms with Crippen LogP contribution in [-0.2, 0) is 4.74 Å². The third-order valence-electron chi connectivity index (χ3n) is 2.78. The Balaban J connectivity index is 2.12. The SMILES string of the molecule is CCOc1ccc(C(=O)N2CCOCC2)cc1Br. The van der Waals surface area contributed by atoms with E-state index in [1.165, 1.54) is 0 Å². The molecule has 1 aliphatic heterocycles. The molecule has 98 valence electrons. The summed E-state index contributed by atoms with van der Waals surface area (Å²) < 4.78 is 11.5. The van der Waals surface area contributed by atoms with Crippen molar-refractivity contribution in [1.29, 1.82) is 0 Å². The average molecular weight is 314 g/mol. The minimum atomic E-state index is 0.0436. The van der Waals surface area contributed by atoms with Crippen molar-refractivity contribution in [1.82, 2.24) is 4.90 Å². The molecular formula is C13H16BrNO3. The summed E-state index contributed by atoms with van der Waals surface area (Å²) in [6.07, 6.45) is 0. The highest BCUT2D eigenvalue weighted by Crippen LogP contribution is 2.26. The minimum absolute atomic E-state index is 0.0436. The number of carbonyl (C=O) groups excluding carboxylic acids is 1. The summed E-state index contributed by atoms with van der Waals surface area (Å²) in [5.74, 6) is 0.804. The van der Waals surface area contributed by atoms with Crippen LogP contribution < -0.4 is 4.74 Å². The van der Waals surface area contributed by atoms with E-state index in [0.717, 1.165) is 10.2 Å². The summed E-state index contributed by atoms with van der Waals surface area (Å²) >= 11 is 3.42. The maximum atomic E-state index is 12.2. The molecule has 0 spiro atoms. The Morgan fingerprint density at radius 1 is 1.44 bits per heavy atom. The van der Waals surface area contributed by atoms with E-state index in [9.17, 15) is 4.79 Å². The van der Waals surface area contributed by atoms with Gasteiger partial charge in [0.1, 0.15) is 5.75 Å². The fourth-order valence-electron chi connectivity index (χ4n) is 1.86. The summed E-state index contributed by atoms with van der Waals surface area (Å²) in [4.78, 5) is 14.0. The van der Waals surface area contributed by atoms with E-state index in [4.69, 9.17) is 9.47 Å². The van der Waals surface area contributed by atoms with Crippen molar-refractivity contribution < 1.29 is 14.3 Å². The van der Waals surface area contributed by atoms with Crippen molar-refractivity contribution in [3.8, 4) is 5.75 Å². The molecule has 1 aliphatic rings. The molecule has 1 aromatic carbocycles. The Morgan fingerprint density at radius 3 is 2.78 bits per heavy atom. The van der Waals surface area contributed by atoms with Gasteiger partial charge in [0.05, 0.1) is 24.3 Å². The van der Waals surface area contributed by atoms with E-state index >= 15 is 0 Å². The van der Waals surface area contributed by atoms with Gasteiger partial charge in [0, 0.05) is 18.7 Å². The Morgan fingerprint density at radius 2 is 2.17 bits per heavy atom. The fourth-order valence-corrected chi connectivity index (χ4v) is 2.35. The fraction of sp³-hybridized carbons (Fsp3) is 0.462. The highest BCUT2D eigenvalue weighted by Gasteiger charge is 2.19. The quantitative estimate of drug-likeness (QED) is 0.859. The molecule has 0 unspecified atom stereocenters. The van der Waals surface area contributed by atoms with E-state index in [1.54, 1.807) is 6.07 Å². The highest BCUT2D eigenvalue weighted by atomic mass is 79.9. The van der Waals surface area contributed by atoms with Crippen LogP contribution in [0.5, 0.6) is 5.75 Å². The zero-order valence-electron chi connectivity index (χ0n) is 10.3. The average Bonchev–Trinajstić information content (AvgIpc) is 2.41. The van der Waals surface area contributed by atoms with E-state index in [0.29, 0.717) is 38.5 Å². The first-order valence-electron chi connectivity index (χ1n) is 6.01. The number of halogens is 1. The number of morpholine rings is 1. The van der Waals surface area contributed by atoms with Gasteiger partial charge < -0.3 is 14.4 Å². The number of rotatable bonds is 3. The minimum Gasteiger partial charge on any atom is -0.493 e. The lowest BCUT2D eigenvalue weighted by Gasteiger charge is -2.27. The van der Waals surface area contributed by atoms with Gasteiger partial charge >= 0.3 is 0 Å². The largest absolute Gasteiger partial charge is 0.493 e. The molecule has 1 aromatic rings. The number of carbonyl (C=O) groups is 1. The second-order valence-electron chi connectivity index (χ2n) is 3.98. The molecule has 1 heterocycles. The lowest BCUT2D eigenvalue weighted by Crippen LogP contribution is -2.40. The molecule has 0 bridgehead atoms. The van der Waals surface area contributed by atoms with Crippen LogP contribution in [0, 0.1) is 0 Å². The molecule has 0 aromatic heterocycles. The number of nitrogens with zero attached hydrogens (tertiary/aromatic N) is 1. The lowest BCUT2D eigenvalue weighted by atomic mass is 10.2. The van der Waals surface area contributed by atoms with Gasteiger partial charge in [-0.05, 0) is 41.1 Å². The van der Waals surface area contributed by atoms with Crippen molar-refractivity contribution >= 4 is 21.8 Å². The van der Waals surface area contributed by atoms with Crippen molar-refractivity contribution in [3.63, 3.8) is 0 Å². The van der Waals surface area contributed by atoms with Gasteiger partial charge in [0.2, 0.25) is 0 Å². The number of hydrogen-bond acceptors (Lipinski definition) is 3. The van der Waals surface area contributed by atoms with Crippen LogP contribution in [0.15, 0.2) is 22.7 Å². The molecule has 0 saturated carbocycles. The van der Waals surface area contributed by atoms with Gasteiger partial charge in [-0.25, -0.2) is 0 Å². The van der Waals surface area contributed by atoms with Crippen LogP contribution in [0.3, 0.4) is 0 Å². The van der Waals surface area contributed by atoms with Crippen LogP contribution in [-0.4, -0.2) is 43.7 Å². The Labute approximate surface area is 115 Å². The first kappa shape index (κ1) is 13.4. The zero-order chi connectivity index (χ0) is 13.0. The third kappa shape index (κ3) is 3.03. The Bertz CT molecular complexity index is 430. The molecule has 18 heavy (non-hydrogen) atoms. The van der Waals surface area contributed by atoms with Crippen LogP contribution in [0.2, 0.25) is 0 Å². The van der Waals surface area contributed by atoms with E-state index in [-0.39, 0.29) is 5.91 Å². The molecule has 2 rings (SSSR count). The Kier molecular flexibility index (Phi) is 4.60. The summed E-state index contributed by atoms with van der Waals surface area (Å²) in [5, 5.41) is 0. The predicted molar refractivity (Wildman–Crippen MR) is 72.0 cm³/mol. The summed E-state index contributed by atoms with van der Waals surface area (Å²) in [6.45, 7) is 5.08. The molecule has 0 N–H and O–H groups in total. The summed E-state index contributed by atoms with van der Waals surface area (Å²) in [5.41, 5.74) is 0.673. The smallest absolute Gasteiger partial charge is 0.254 e. The van der Waals surface area contributed by atoms with E-state index in [2.05, 4.69) is 15.9 Å². The topological polar surface area (TPSA) is 38.8 Å². The number of benzene rings is 1. The van der Waals surface area contributed by atoms with Gasteiger partial charge in [-0.1, -0.05) is 0 Å². The highest BCUT2D eigenvalue weighted by molar-refractivity contribution is 9.10. The molecular weight excluding hydrogens is 298 g/mol. The summed E-state index contributed by atoms with van der Waals surface area (Å²) in [7, 11) is 0. The van der Waals surface area contributed by atoms with Crippen LogP contribution in [0.1, 0.15) is 17.3 Å². The maximum absolute atomic E-state index is 12.2. The van der Waals surface area contributed by atoms with Crippen molar-refractivity contribution in [2.24, 2.45) is 0 Å². The van der Waals surface area contributed by atoms with Gasteiger partial charge in [-0.2, -0.15) is 0 Å². The molecule has 0 atom stereocenters. The number of ether oxygens (including phenoxy) is 2. The molecule has 1 amide bonds. The van der Waals surface area contributed by atoms with Crippen molar-refractivity contribution in [2.45, 2.75) is 6.92 Å². The molecule has 4 nitrogen and oxygen atoms in total. The molecule has 0 radical (unpaired) electrons.